The molecule has 1 aliphatic rings. The number of hydrogen-bond acceptors (Lipinski definition) is 5. The van der Waals surface area contributed by atoms with Crippen molar-refractivity contribution in [3.63, 3.8) is 0 Å². The first kappa shape index (κ1) is 25.1. The summed E-state index contributed by atoms with van der Waals surface area (Å²) in [6.45, 7) is 5.28. The number of halogens is 1. The summed E-state index contributed by atoms with van der Waals surface area (Å²) < 4.78 is 48.1. The van der Waals surface area contributed by atoms with Gasteiger partial charge in [-0.15, -0.1) is 0 Å². The van der Waals surface area contributed by atoms with Gasteiger partial charge in [-0.25, -0.2) is 17.5 Å². The lowest BCUT2D eigenvalue weighted by atomic mass is 10.1. The van der Waals surface area contributed by atoms with E-state index in [1.807, 2.05) is 43.0 Å². The summed E-state index contributed by atoms with van der Waals surface area (Å²) in [7, 11) is -3.74. The molecule has 1 heterocycles. The minimum atomic E-state index is -3.74. The summed E-state index contributed by atoms with van der Waals surface area (Å²) in [5, 5.41) is 4.49. The Morgan fingerprint density at radius 3 is 2.46 bits per heavy atom. The maximum absolute atomic E-state index is 14.7. The second-order valence-electron chi connectivity index (χ2n) is 8.88. The Morgan fingerprint density at radius 1 is 1.03 bits per heavy atom. The molecule has 0 saturated carbocycles. The van der Waals surface area contributed by atoms with Crippen molar-refractivity contribution in [2.24, 2.45) is 0 Å². The van der Waals surface area contributed by atoms with Gasteiger partial charge in [-0.05, 0) is 54.4 Å². The van der Waals surface area contributed by atoms with Crippen molar-refractivity contribution in [2.75, 3.05) is 24.5 Å². The van der Waals surface area contributed by atoms with E-state index in [2.05, 4.69) is 10.0 Å². The molecule has 0 bridgehead atoms. The fourth-order valence-electron chi connectivity index (χ4n) is 4.30. The van der Waals surface area contributed by atoms with Gasteiger partial charge in [0.25, 0.3) is 0 Å². The molecule has 2 unspecified atom stereocenters. The van der Waals surface area contributed by atoms with Crippen LogP contribution in [0.3, 0.4) is 0 Å². The topological polar surface area (TPSA) is 87.7 Å². The van der Waals surface area contributed by atoms with Crippen LogP contribution in [0.4, 0.5) is 10.1 Å². The summed E-state index contributed by atoms with van der Waals surface area (Å²) in [5.41, 5.74) is 1.15. The number of carbonyl (C=O) groups is 1. The van der Waals surface area contributed by atoms with E-state index >= 15 is 0 Å². The number of anilines is 1. The zero-order valence-electron chi connectivity index (χ0n) is 19.8. The molecular formula is C26H30FN3O4S. The number of ether oxygens (including phenoxy) is 1. The van der Waals surface area contributed by atoms with E-state index in [-0.39, 0.29) is 48.3 Å². The lowest BCUT2D eigenvalue weighted by molar-refractivity contribution is -0.121. The van der Waals surface area contributed by atoms with Gasteiger partial charge in [-0.3, -0.25) is 4.79 Å². The molecule has 0 spiro atoms. The number of hydrogen-bond donors (Lipinski definition) is 2. The number of carbonyl (C=O) groups excluding carboxylic acids is 1. The summed E-state index contributed by atoms with van der Waals surface area (Å²) in [5.74, 6) is -0.673. The molecule has 1 amide bonds. The van der Waals surface area contributed by atoms with Gasteiger partial charge in [0, 0.05) is 32.6 Å². The van der Waals surface area contributed by atoms with Crippen molar-refractivity contribution in [3.8, 4) is 0 Å². The summed E-state index contributed by atoms with van der Waals surface area (Å²) >= 11 is 0. The van der Waals surface area contributed by atoms with Crippen molar-refractivity contribution < 1.29 is 22.3 Å². The van der Waals surface area contributed by atoms with Crippen molar-refractivity contribution in [2.45, 2.75) is 43.9 Å². The molecule has 1 aliphatic heterocycles. The Labute approximate surface area is 205 Å². The third-order valence-corrected chi connectivity index (χ3v) is 7.40. The standard InChI is InChI=1S/C26H30FN3O4S/c1-18-16-30(17-19(2)34-18)25-10-7-20(13-24(25)27)15-28-26(31)11-12-29-35(32,33)23-9-8-21-5-3-4-6-22(21)14-23/h3-10,13-14,18-19,29H,11-12,15-17H2,1-2H3,(H,28,31). The predicted molar refractivity (Wildman–Crippen MR) is 134 cm³/mol. The normalized spacial score (nSPS) is 18.5. The van der Waals surface area contributed by atoms with Crippen LogP contribution in [0.2, 0.25) is 0 Å². The first-order chi connectivity index (χ1) is 16.7. The number of rotatable bonds is 8. The molecule has 1 fully saturated rings. The molecule has 35 heavy (non-hydrogen) atoms. The highest BCUT2D eigenvalue weighted by molar-refractivity contribution is 7.89. The minimum absolute atomic E-state index is 0.0239. The summed E-state index contributed by atoms with van der Waals surface area (Å²) in [6, 6.07) is 17.3. The van der Waals surface area contributed by atoms with Crippen molar-refractivity contribution >= 4 is 32.4 Å². The van der Waals surface area contributed by atoms with Crippen LogP contribution in [0.5, 0.6) is 0 Å². The maximum atomic E-state index is 14.7. The molecule has 3 aromatic rings. The zero-order valence-corrected chi connectivity index (χ0v) is 20.6. The predicted octanol–water partition coefficient (Wildman–Crippen LogP) is 3.58. The van der Waals surface area contributed by atoms with Crippen LogP contribution < -0.4 is 14.9 Å². The van der Waals surface area contributed by atoms with E-state index in [0.29, 0.717) is 24.3 Å². The highest BCUT2D eigenvalue weighted by Gasteiger charge is 2.24. The molecule has 0 aliphatic carbocycles. The largest absolute Gasteiger partial charge is 0.372 e. The fraction of sp³-hybridized carbons (Fsp3) is 0.346. The molecule has 2 atom stereocenters. The zero-order chi connectivity index (χ0) is 25.0. The Balaban J connectivity index is 1.27. The molecular weight excluding hydrogens is 469 g/mol. The molecule has 3 aromatic carbocycles. The fourth-order valence-corrected chi connectivity index (χ4v) is 5.36. The molecule has 9 heteroatoms. The summed E-state index contributed by atoms with van der Waals surface area (Å²) in [6.07, 6.45) is 0.0169. The van der Waals surface area contributed by atoms with E-state index in [4.69, 9.17) is 4.74 Å². The molecule has 2 N–H and O–H groups in total. The van der Waals surface area contributed by atoms with E-state index in [0.717, 1.165) is 10.8 Å². The first-order valence-corrected chi connectivity index (χ1v) is 13.1. The van der Waals surface area contributed by atoms with Crippen LogP contribution in [0, 0.1) is 5.82 Å². The average Bonchev–Trinajstić information content (AvgIpc) is 2.81. The number of nitrogens with one attached hydrogen (secondary N) is 2. The van der Waals surface area contributed by atoms with Crippen LogP contribution in [0.25, 0.3) is 10.8 Å². The monoisotopic (exact) mass is 499 g/mol. The van der Waals surface area contributed by atoms with E-state index in [1.54, 1.807) is 30.3 Å². The number of amides is 1. The van der Waals surface area contributed by atoms with Crippen LogP contribution in [-0.4, -0.2) is 46.2 Å². The Kier molecular flexibility index (Phi) is 7.69. The summed E-state index contributed by atoms with van der Waals surface area (Å²) in [4.78, 5) is 14.3. The molecule has 186 valence electrons. The van der Waals surface area contributed by atoms with Crippen LogP contribution in [-0.2, 0) is 26.1 Å². The molecule has 7 nitrogen and oxygen atoms in total. The first-order valence-electron chi connectivity index (χ1n) is 11.7. The molecule has 0 radical (unpaired) electrons. The highest BCUT2D eigenvalue weighted by Crippen LogP contribution is 2.24. The van der Waals surface area contributed by atoms with Gasteiger partial charge < -0.3 is 15.0 Å². The van der Waals surface area contributed by atoms with Crippen LogP contribution >= 0.6 is 0 Å². The number of benzene rings is 3. The minimum Gasteiger partial charge on any atom is -0.372 e. The van der Waals surface area contributed by atoms with Gasteiger partial charge in [0.15, 0.2) is 0 Å². The lowest BCUT2D eigenvalue weighted by Gasteiger charge is -2.37. The lowest BCUT2D eigenvalue weighted by Crippen LogP contribution is -2.45. The number of nitrogens with zero attached hydrogens (tertiary/aromatic N) is 1. The second-order valence-corrected chi connectivity index (χ2v) is 10.6. The number of morpholine rings is 1. The molecule has 4 rings (SSSR count). The second kappa shape index (κ2) is 10.7. The van der Waals surface area contributed by atoms with Crippen molar-refractivity contribution in [1.29, 1.82) is 0 Å². The smallest absolute Gasteiger partial charge is 0.240 e. The van der Waals surface area contributed by atoms with Crippen LogP contribution in [0.15, 0.2) is 65.6 Å². The Morgan fingerprint density at radius 2 is 1.74 bits per heavy atom. The Hall–Kier alpha value is -3.01. The number of fused-ring (bicyclic) bond motifs is 1. The van der Waals surface area contributed by atoms with Gasteiger partial charge in [-0.2, -0.15) is 0 Å². The third kappa shape index (κ3) is 6.36. The van der Waals surface area contributed by atoms with Crippen molar-refractivity contribution in [3.05, 3.63) is 72.0 Å². The van der Waals surface area contributed by atoms with Gasteiger partial charge in [0.05, 0.1) is 22.8 Å². The van der Waals surface area contributed by atoms with Crippen LogP contribution in [0.1, 0.15) is 25.8 Å². The Bertz CT molecular complexity index is 1300. The average molecular weight is 500 g/mol. The van der Waals surface area contributed by atoms with Gasteiger partial charge in [0.1, 0.15) is 5.82 Å². The van der Waals surface area contributed by atoms with E-state index < -0.39 is 10.0 Å². The molecule has 0 aromatic heterocycles. The highest BCUT2D eigenvalue weighted by atomic mass is 32.2. The number of sulfonamides is 1. The SMILES string of the molecule is CC1CN(c2ccc(CNC(=O)CCNS(=O)(=O)c3ccc4ccccc4c3)cc2F)CC(C)O1. The molecule has 1 saturated heterocycles. The maximum Gasteiger partial charge on any atom is 0.240 e. The van der Waals surface area contributed by atoms with E-state index in [9.17, 15) is 17.6 Å². The van der Waals surface area contributed by atoms with Crippen molar-refractivity contribution in [1.82, 2.24) is 10.0 Å². The van der Waals surface area contributed by atoms with Gasteiger partial charge in [0.2, 0.25) is 15.9 Å². The van der Waals surface area contributed by atoms with Gasteiger partial charge in [-0.1, -0.05) is 36.4 Å². The third-order valence-electron chi connectivity index (χ3n) is 5.94. The van der Waals surface area contributed by atoms with Gasteiger partial charge >= 0.3 is 0 Å². The quantitative estimate of drug-likeness (QED) is 0.495. The van der Waals surface area contributed by atoms with E-state index in [1.165, 1.54) is 6.07 Å².